The van der Waals surface area contributed by atoms with Gasteiger partial charge in [-0.05, 0) is 42.3 Å². The second kappa shape index (κ2) is 8.73. The Morgan fingerprint density at radius 1 is 1.08 bits per heavy atom. The van der Waals surface area contributed by atoms with Gasteiger partial charge in [0.1, 0.15) is 9.57 Å². The molecule has 1 aliphatic heterocycles. The van der Waals surface area contributed by atoms with Crippen LogP contribution in [0.25, 0.3) is 10.4 Å². The summed E-state index contributed by atoms with van der Waals surface area (Å²) in [6.45, 7) is 10.7. The van der Waals surface area contributed by atoms with Crippen LogP contribution in [0, 0.1) is 3.82 Å². The maximum absolute atomic E-state index is 10.3. The number of phenolic OH excluding ortho intramolecular Hbond substituents is 1. The molecule has 0 unspecified atom stereocenters. The smallest absolute Gasteiger partial charge is 0.120 e. The second-order valence-corrected chi connectivity index (χ2v) is 9.38. The molecule has 3 rings (SSSR count). The lowest BCUT2D eigenvalue weighted by atomic mass is 10.0. The van der Waals surface area contributed by atoms with Gasteiger partial charge in [0.05, 0.1) is 4.88 Å². The molecule has 25 heavy (non-hydrogen) atoms. The van der Waals surface area contributed by atoms with E-state index in [-0.39, 0.29) is 0 Å². The molecule has 0 aliphatic carbocycles. The summed E-state index contributed by atoms with van der Waals surface area (Å²) in [6, 6.07) is 6.03. The van der Waals surface area contributed by atoms with Crippen LogP contribution in [-0.4, -0.2) is 47.6 Å². The summed E-state index contributed by atoms with van der Waals surface area (Å²) in [7, 11) is 3.46. The fraction of sp³-hybridized carbons (Fsp3) is 0.526. The topological polar surface area (TPSA) is 26.7 Å². The van der Waals surface area contributed by atoms with Crippen molar-refractivity contribution in [2.45, 2.75) is 33.2 Å². The zero-order valence-corrected chi connectivity index (χ0v) is 17.4. The van der Waals surface area contributed by atoms with E-state index in [1.54, 1.807) is 20.7 Å². The van der Waals surface area contributed by atoms with Crippen molar-refractivity contribution in [3.63, 3.8) is 0 Å². The molecule has 0 saturated carbocycles. The molecular weight excluding hydrogens is 368 g/mol. The van der Waals surface area contributed by atoms with E-state index in [1.165, 1.54) is 16.0 Å². The minimum Gasteiger partial charge on any atom is -0.508 e. The van der Waals surface area contributed by atoms with Gasteiger partial charge in [0.15, 0.2) is 0 Å². The summed E-state index contributed by atoms with van der Waals surface area (Å²) in [5.41, 5.74) is 3.52. The SMILES string of the molecule is CCCc1c(-c2ccc(O)c(CN3CCN(CC)CC3)c2)ssc1=S. The highest BCUT2D eigenvalue weighted by molar-refractivity contribution is 7.80. The normalized spacial score (nSPS) is 16.4. The molecule has 0 bridgehead atoms. The number of likely N-dealkylation sites (N-methyl/N-ethyl adjacent to an activating group) is 1. The number of piperazine rings is 1. The molecule has 1 N–H and O–H groups in total. The fourth-order valence-electron chi connectivity index (χ4n) is 3.32. The molecule has 2 aromatic rings. The Hall–Kier alpha value is -0.790. The van der Waals surface area contributed by atoms with Gasteiger partial charge in [0.2, 0.25) is 0 Å². The minimum atomic E-state index is 0.400. The molecular formula is C19H26N2OS3. The summed E-state index contributed by atoms with van der Waals surface area (Å²) in [5.74, 6) is 0.400. The van der Waals surface area contributed by atoms with Crippen LogP contribution < -0.4 is 0 Å². The number of aromatic hydroxyl groups is 1. The van der Waals surface area contributed by atoms with E-state index in [1.807, 2.05) is 12.1 Å². The third-order valence-electron chi connectivity index (χ3n) is 4.87. The highest BCUT2D eigenvalue weighted by Gasteiger charge is 2.18. The van der Waals surface area contributed by atoms with Gasteiger partial charge in [0, 0.05) is 38.3 Å². The van der Waals surface area contributed by atoms with Gasteiger partial charge in [-0.2, -0.15) is 0 Å². The van der Waals surface area contributed by atoms with E-state index in [4.69, 9.17) is 12.2 Å². The van der Waals surface area contributed by atoms with Crippen molar-refractivity contribution < 1.29 is 5.11 Å². The van der Waals surface area contributed by atoms with Crippen LogP contribution in [0.15, 0.2) is 18.2 Å². The lowest BCUT2D eigenvalue weighted by Crippen LogP contribution is -2.45. The van der Waals surface area contributed by atoms with Crippen molar-refractivity contribution in [2.75, 3.05) is 32.7 Å². The fourth-order valence-corrected chi connectivity index (χ4v) is 6.32. The number of nitrogens with zero attached hydrogens (tertiary/aromatic N) is 2. The van der Waals surface area contributed by atoms with Gasteiger partial charge in [-0.25, -0.2) is 0 Å². The average Bonchev–Trinajstić information content (AvgIpc) is 2.99. The Morgan fingerprint density at radius 2 is 1.80 bits per heavy atom. The van der Waals surface area contributed by atoms with E-state index in [0.29, 0.717) is 5.75 Å². The molecule has 0 amide bonds. The Bertz CT molecular complexity index is 760. The van der Waals surface area contributed by atoms with Crippen molar-refractivity contribution in [2.24, 2.45) is 0 Å². The maximum atomic E-state index is 10.3. The largest absolute Gasteiger partial charge is 0.508 e. The first-order chi connectivity index (χ1) is 12.1. The summed E-state index contributed by atoms with van der Waals surface area (Å²) in [4.78, 5) is 6.20. The Kier molecular flexibility index (Phi) is 6.63. The molecule has 1 aliphatic rings. The predicted octanol–water partition coefficient (Wildman–Crippen LogP) is 5.00. The van der Waals surface area contributed by atoms with Crippen molar-refractivity contribution in [3.05, 3.63) is 33.1 Å². The van der Waals surface area contributed by atoms with Crippen LogP contribution in [0.1, 0.15) is 31.4 Å². The van der Waals surface area contributed by atoms with E-state index >= 15 is 0 Å². The van der Waals surface area contributed by atoms with E-state index in [9.17, 15) is 5.11 Å². The summed E-state index contributed by atoms with van der Waals surface area (Å²) >= 11 is 5.52. The molecule has 0 spiro atoms. The maximum Gasteiger partial charge on any atom is 0.120 e. The molecule has 136 valence electrons. The predicted molar refractivity (Wildman–Crippen MR) is 112 cm³/mol. The number of hydrogen-bond acceptors (Lipinski definition) is 6. The van der Waals surface area contributed by atoms with Gasteiger partial charge < -0.3 is 10.0 Å². The monoisotopic (exact) mass is 394 g/mol. The third-order valence-corrected chi connectivity index (χ3v) is 8.06. The van der Waals surface area contributed by atoms with Crippen LogP contribution in [0.4, 0.5) is 0 Å². The quantitative estimate of drug-likeness (QED) is 0.551. The van der Waals surface area contributed by atoms with E-state index in [2.05, 4.69) is 29.7 Å². The van der Waals surface area contributed by atoms with Gasteiger partial charge >= 0.3 is 0 Å². The molecule has 1 fully saturated rings. The standard InChI is InChI=1S/C19H26N2OS3/c1-3-5-16-18(24-25-19(16)23)14-6-7-17(22)15(12-14)13-21-10-8-20(4-2)9-11-21/h6-7,12,22H,3-5,8-11,13H2,1-2H3. The summed E-state index contributed by atoms with van der Waals surface area (Å²) in [5, 5.41) is 10.3. The minimum absolute atomic E-state index is 0.400. The van der Waals surface area contributed by atoms with Gasteiger partial charge in [-0.3, -0.25) is 4.90 Å². The second-order valence-electron chi connectivity index (χ2n) is 6.57. The van der Waals surface area contributed by atoms with Crippen LogP contribution in [-0.2, 0) is 13.0 Å². The van der Waals surface area contributed by atoms with E-state index < -0.39 is 0 Å². The van der Waals surface area contributed by atoms with Gasteiger partial charge in [-0.1, -0.05) is 53.2 Å². The first-order valence-corrected chi connectivity index (χ1v) is 11.6. The van der Waals surface area contributed by atoms with E-state index in [0.717, 1.165) is 61.5 Å². The zero-order valence-electron chi connectivity index (χ0n) is 15.0. The van der Waals surface area contributed by atoms with Crippen LogP contribution >= 0.6 is 32.9 Å². The van der Waals surface area contributed by atoms with Crippen LogP contribution in [0.5, 0.6) is 5.75 Å². The first-order valence-electron chi connectivity index (χ1n) is 9.01. The Morgan fingerprint density at radius 3 is 2.48 bits per heavy atom. The van der Waals surface area contributed by atoms with Crippen molar-refractivity contribution in [1.82, 2.24) is 9.80 Å². The Balaban J connectivity index is 1.81. The number of benzene rings is 1. The number of phenols is 1. The first kappa shape index (κ1) is 19.0. The van der Waals surface area contributed by atoms with Crippen LogP contribution in [0.2, 0.25) is 0 Å². The zero-order chi connectivity index (χ0) is 17.8. The highest BCUT2D eigenvalue weighted by Crippen LogP contribution is 2.37. The molecule has 0 atom stereocenters. The summed E-state index contributed by atoms with van der Waals surface area (Å²) < 4.78 is 1.02. The van der Waals surface area contributed by atoms with Crippen molar-refractivity contribution in [1.29, 1.82) is 0 Å². The summed E-state index contributed by atoms with van der Waals surface area (Å²) in [6.07, 6.45) is 2.14. The molecule has 1 saturated heterocycles. The average molecular weight is 395 g/mol. The van der Waals surface area contributed by atoms with Crippen molar-refractivity contribution >= 4 is 32.9 Å². The van der Waals surface area contributed by atoms with Crippen LogP contribution in [0.3, 0.4) is 0 Å². The number of rotatable bonds is 6. The molecule has 1 aromatic carbocycles. The molecule has 3 nitrogen and oxygen atoms in total. The molecule has 0 radical (unpaired) electrons. The molecule has 2 heterocycles. The lowest BCUT2D eigenvalue weighted by Gasteiger charge is -2.34. The number of hydrogen-bond donors (Lipinski definition) is 1. The Labute approximate surface area is 162 Å². The highest BCUT2D eigenvalue weighted by atomic mass is 32.9. The van der Waals surface area contributed by atoms with Gasteiger partial charge in [0.25, 0.3) is 0 Å². The molecule has 1 aromatic heterocycles. The van der Waals surface area contributed by atoms with Crippen molar-refractivity contribution in [3.8, 4) is 16.2 Å². The lowest BCUT2D eigenvalue weighted by molar-refractivity contribution is 0.131. The van der Waals surface area contributed by atoms with Gasteiger partial charge in [-0.15, -0.1) is 0 Å². The third kappa shape index (κ3) is 4.49. The molecule has 6 heteroatoms.